The highest BCUT2D eigenvalue weighted by Gasteiger charge is 2.18. The molecule has 0 aliphatic carbocycles. The lowest BCUT2D eigenvalue weighted by molar-refractivity contribution is 0.128. The van der Waals surface area contributed by atoms with E-state index >= 15 is 0 Å². The van der Waals surface area contributed by atoms with E-state index in [0.29, 0.717) is 6.04 Å². The van der Waals surface area contributed by atoms with E-state index in [4.69, 9.17) is 4.74 Å². The van der Waals surface area contributed by atoms with Crippen LogP contribution < -0.4 is 5.32 Å². The first-order chi connectivity index (χ1) is 7.76. The van der Waals surface area contributed by atoms with E-state index in [0.717, 1.165) is 50.2 Å². The van der Waals surface area contributed by atoms with Gasteiger partial charge in [0, 0.05) is 35.0 Å². The molecule has 0 saturated carbocycles. The second-order valence-electron chi connectivity index (χ2n) is 4.48. The molecule has 0 bridgehead atoms. The molecule has 1 N–H and O–H groups in total. The first-order valence-corrected chi connectivity index (χ1v) is 7.89. The van der Waals surface area contributed by atoms with Crippen molar-refractivity contribution in [3.63, 3.8) is 0 Å². The van der Waals surface area contributed by atoms with Gasteiger partial charge in [0.15, 0.2) is 0 Å². The van der Waals surface area contributed by atoms with Gasteiger partial charge < -0.3 is 10.1 Å². The summed E-state index contributed by atoms with van der Waals surface area (Å²) < 4.78 is 17.3. The Labute approximate surface area is 102 Å². The van der Waals surface area contributed by atoms with E-state index in [2.05, 4.69) is 12.2 Å². The Morgan fingerprint density at radius 2 is 2.38 bits per heavy atom. The van der Waals surface area contributed by atoms with Crippen molar-refractivity contribution in [3.05, 3.63) is 0 Å². The summed E-state index contributed by atoms with van der Waals surface area (Å²) >= 11 is 0. The van der Waals surface area contributed by atoms with Crippen molar-refractivity contribution in [3.8, 4) is 0 Å². The van der Waals surface area contributed by atoms with E-state index < -0.39 is 10.8 Å². The number of rotatable bonds is 8. The van der Waals surface area contributed by atoms with Gasteiger partial charge in [-0.1, -0.05) is 6.92 Å². The fourth-order valence-electron chi connectivity index (χ4n) is 2.11. The molecule has 3 atom stereocenters. The summed E-state index contributed by atoms with van der Waals surface area (Å²) in [5.74, 6) is 1.58. The normalized spacial score (nSPS) is 24.5. The lowest BCUT2D eigenvalue weighted by Crippen LogP contribution is -2.25. The van der Waals surface area contributed by atoms with E-state index in [1.807, 2.05) is 7.05 Å². The Hall–Kier alpha value is 0.0700. The van der Waals surface area contributed by atoms with Gasteiger partial charge in [-0.15, -0.1) is 0 Å². The lowest BCUT2D eigenvalue weighted by Gasteiger charge is -2.13. The van der Waals surface area contributed by atoms with Crippen LogP contribution in [0.5, 0.6) is 0 Å². The van der Waals surface area contributed by atoms with Crippen LogP contribution in [0.3, 0.4) is 0 Å². The molecule has 1 heterocycles. The van der Waals surface area contributed by atoms with Crippen LogP contribution in [0.4, 0.5) is 0 Å². The molecule has 3 unspecified atom stereocenters. The molecule has 0 amide bonds. The van der Waals surface area contributed by atoms with Crippen molar-refractivity contribution in [2.45, 2.75) is 51.2 Å². The van der Waals surface area contributed by atoms with Crippen LogP contribution in [0, 0.1) is 0 Å². The van der Waals surface area contributed by atoms with E-state index in [1.165, 1.54) is 0 Å². The molecule has 1 aliphatic heterocycles. The summed E-state index contributed by atoms with van der Waals surface area (Å²) in [7, 11) is 1.31. The third kappa shape index (κ3) is 5.41. The summed E-state index contributed by atoms with van der Waals surface area (Å²) in [6.45, 7) is 3.05. The van der Waals surface area contributed by atoms with Crippen LogP contribution in [0.2, 0.25) is 0 Å². The molecule has 0 aromatic carbocycles. The highest BCUT2D eigenvalue weighted by molar-refractivity contribution is 7.85. The second-order valence-corrected chi connectivity index (χ2v) is 6.10. The van der Waals surface area contributed by atoms with Gasteiger partial charge in [0.05, 0.1) is 6.10 Å². The van der Waals surface area contributed by atoms with E-state index in [1.54, 1.807) is 0 Å². The maximum absolute atomic E-state index is 11.8. The predicted octanol–water partition coefficient (Wildman–Crippen LogP) is 1.69. The Bertz CT molecular complexity index is 201. The van der Waals surface area contributed by atoms with Gasteiger partial charge in [-0.05, 0) is 39.2 Å². The monoisotopic (exact) mass is 247 g/mol. The summed E-state index contributed by atoms with van der Waals surface area (Å²) in [6, 6.07) is 0.583. The van der Waals surface area contributed by atoms with Gasteiger partial charge >= 0.3 is 0 Å². The second kappa shape index (κ2) is 8.20. The molecular weight excluding hydrogens is 222 g/mol. The average Bonchev–Trinajstić information content (AvgIpc) is 2.77. The third-order valence-electron chi connectivity index (χ3n) is 3.22. The topological polar surface area (TPSA) is 38.3 Å². The first kappa shape index (κ1) is 14.1. The van der Waals surface area contributed by atoms with Gasteiger partial charge in [0.2, 0.25) is 0 Å². The van der Waals surface area contributed by atoms with Crippen molar-refractivity contribution >= 4 is 10.8 Å². The van der Waals surface area contributed by atoms with Gasteiger partial charge in [-0.2, -0.15) is 0 Å². The summed E-state index contributed by atoms with van der Waals surface area (Å²) in [4.78, 5) is 0. The summed E-state index contributed by atoms with van der Waals surface area (Å²) in [5, 5.41) is 3.27. The Morgan fingerprint density at radius 1 is 1.56 bits per heavy atom. The molecule has 0 aromatic rings. The number of nitrogens with one attached hydrogen (secondary N) is 1. The highest BCUT2D eigenvalue weighted by atomic mass is 32.2. The zero-order valence-electron chi connectivity index (χ0n) is 10.5. The zero-order chi connectivity index (χ0) is 11.8. The first-order valence-electron chi connectivity index (χ1n) is 6.40. The molecule has 0 spiro atoms. The summed E-state index contributed by atoms with van der Waals surface area (Å²) in [5.41, 5.74) is 0. The third-order valence-corrected chi connectivity index (χ3v) is 4.71. The molecule has 1 saturated heterocycles. The molecule has 0 aromatic heterocycles. The Morgan fingerprint density at radius 3 is 2.94 bits per heavy atom. The lowest BCUT2D eigenvalue weighted by atomic mass is 10.1. The quantitative estimate of drug-likeness (QED) is 0.709. The van der Waals surface area contributed by atoms with Gasteiger partial charge in [0.25, 0.3) is 0 Å². The molecule has 16 heavy (non-hydrogen) atoms. The van der Waals surface area contributed by atoms with Crippen molar-refractivity contribution < 1.29 is 8.95 Å². The molecule has 1 aliphatic rings. The van der Waals surface area contributed by atoms with E-state index in [9.17, 15) is 4.21 Å². The van der Waals surface area contributed by atoms with Crippen LogP contribution in [-0.4, -0.2) is 41.5 Å². The molecule has 3 nitrogen and oxygen atoms in total. The van der Waals surface area contributed by atoms with Crippen LogP contribution in [0.15, 0.2) is 0 Å². The number of hydrogen-bond donors (Lipinski definition) is 1. The van der Waals surface area contributed by atoms with Gasteiger partial charge in [0.1, 0.15) is 0 Å². The maximum Gasteiger partial charge on any atom is 0.0691 e. The molecule has 96 valence electrons. The Balaban J connectivity index is 2.05. The minimum Gasteiger partial charge on any atom is -0.377 e. The van der Waals surface area contributed by atoms with E-state index in [-0.39, 0.29) is 6.10 Å². The minimum absolute atomic E-state index is 0.270. The number of ether oxygens (including phenoxy) is 1. The molecule has 4 heteroatoms. The molecular formula is C12H25NO2S. The fourth-order valence-corrected chi connectivity index (χ4v) is 3.44. The van der Waals surface area contributed by atoms with Crippen LogP contribution in [0.1, 0.15) is 39.0 Å². The van der Waals surface area contributed by atoms with Crippen molar-refractivity contribution in [2.24, 2.45) is 0 Å². The van der Waals surface area contributed by atoms with Crippen LogP contribution in [0.25, 0.3) is 0 Å². The smallest absolute Gasteiger partial charge is 0.0691 e. The molecule has 0 radical (unpaired) electrons. The maximum atomic E-state index is 11.8. The Kier molecular flexibility index (Phi) is 7.25. The van der Waals surface area contributed by atoms with Crippen LogP contribution in [-0.2, 0) is 15.5 Å². The average molecular weight is 247 g/mol. The summed E-state index contributed by atoms with van der Waals surface area (Å²) in [6.07, 6.45) is 5.84. The van der Waals surface area contributed by atoms with Gasteiger partial charge in [-0.3, -0.25) is 4.21 Å². The minimum atomic E-state index is -0.683. The van der Waals surface area contributed by atoms with Crippen molar-refractivity contribution in [2.75, 3.05) is 25.2 Å². The van der Waals surface area contributed by atoms with Gasteiger partial charge in [-0.25, -0.2) is 0 Å². The standard InChI is InChI=1S/C12H25NO2S/c1-3-11(13-2)6-5-9-16(14)10-12-7-4-8-15-12/h11-13H,3-10H2,1-2H3. The van der Waals surface area contributed by atoms with Crippen molar-refractivity contribution in [1.29, 1.82) is 0 Å². The number of hydrogen-bond acceptors (Lipinski definition) is 3. The predicted molar refractivity (Wildman–Crippen MR) is 69.2 cm³/mol. The molecule has 1 fully saturated rings. The van der Waals surface area contributed by atoms with Crippen molar-refractivity contribution in [1.82, 2.24) is 5.32 Å². The highest BCUT2D eigenvalue weighted by Crippen LogP contribution is 2.13. The SMILES string of the molecule is CCC(CCCS(=O)CC1CCCO1)NC. The zero-order valence-corrected chi connectivity index (χ0v) is 11.4. The molecule has 1 rings (SSSR count). The van der Waals surface area contributed by atoms with Crippen LogP contribution >= 0.6 is 0 Å². The fraction of sp³-hybridized carbons (Fsp3) is 1.00. The largest absolute Gasteiger partial charge is 0.377 e.